The number of hydrogen-bond acceptors (Lipinski definition) is 5. The van der Waals surface area contributed by atoms with Crippen LogP contribution in [-0.2, 0) is 21.6 Å². The van der Waals surface area contributed by atoms with Crippen molar-refractivity contribution in [1.29, 1.82) is 0 Å². The van der Waals surface area contributed by atoms with Crippen LogP contribution in [0.25, 0.3) is 0 Å². The van der Waals surface area contributed by atoms with Gasteiger partial charge in [0, 0.05) is 42.7 Å². The van der Waals surface area contributed by atoms with Crippen molar-refractivity contribution in [2.24, 2.45) is 9.98 Å². The van der Waals surface area contributed by atoms with Crippen molar-refractivity contribution in [2.75, 3.05) is 13.6 Å². The minimum atomic E-state index is -0.000712. The van der Waals surface area contributed by atoms with Crippen LogP contribution in [0.1, 0.15) is 25.7 Å². The van der Waals surface area contributed by atoms with Crippen LogP contribution in [0, 0.1) is 0 Å². The standard InChI is InChI=1S/C14H23N3O3.Co/c1-15-14(20)7-3-2-6-13(17-9-5-11-19)12-16-8-4-10-18;/h4-5,8-11,13,18-19H,2-3,6-7,12H2,1H3,(H,15,20);. The van der Waals surface area contributed by atoms with E-state index in [1.54, 1.807) is 7.05 Å². The molecule has 0 aliphatic rings. The fourth-order valence-electron chi connectivity index (χ4n) is 1.50. The molecule has 1 atom stereocenters. The maximum atomic E-state index is 11.1. The van der Waals surface area contributed by atoms with Crippen molar-refractivity contribution in [1.82, 2.24) is 5.32 Å². The Labute approximate surface area is 136 Å². The number of allylic oxidation sites excluding steroid dienone is 2. The van der Waals surface area contributed by atoms with Crippen LogP contribution >= 0.6 is 0 Å². The SMILES string of the molecule is CNC(=O)CCCCC(CN=CC=CO)N=CC=CO.[Co]. The molecule has 0 saturated heterocycles. The number of carbonyl (C=O) groups excluding carboxylic acids is 1. The van der Waals surface area contributed by atoms with E-state index in [0.717, 1.165) is 31.8 Å². The molecule has 0 aromatic heterocycles. The molecule has 0 aromatic carbocycles. The molecule has 3 N–H and O–H groups in total. The van der Waals surface area contributed by atoms with E-state index in [-0.39, 0.29) is 28.7 Å². The summed E-state index contributed by atoms with van der Waals surface area (Å²) in [6, 6.07) is -0.000712. The van der Waals surface area contributed by atoms with Crippen molar-refractivity contribution >= 4 is 18.3 Å². The minimum absolute atomic E-state index is 0. The number of rotatable bonds is 10. The number of nitrogens with zero attached hydrogens (tertiary/aromatic N) is 2. The van der Waals surface area contributed by atoms with Crippen LogP contribution in [0.2, 0.25) is 0 Å². The fourth-order valence-corrected chi connectivity index (χ4v) is 1.50. The average molecular weight is 340 g/mol. The van der Waals surface area contributed by atoms with E-state index < -0.39 is 0 Å². The van der Waals surface area contributed by atoms with Gasteiger partial charge >= 0.3 is 0 Å². The van der Waals surface area contributed by atoms with Crippen LogP contribution in [-0.4, -0.2) is 48.2 Å². The summed E-state index contributed by atoms with van der Waals surface area (Å²) in [4.78, 5) is 19.5. The van der Waals surface area contributed by atoms with Gasteiger partial charge in [-0.2, -0.15) is 0 Å². The van der Waals surface area contributed by atoms with Gasteiger partial charge in [0.1, 0.15) is 0 Å². The second-order valence-corrected chi connectivity index (χ2v) is 4.07. The normalized spacial score (nSPS) is 13.2. The zero-order chi connectivity index (χ0) is 15.1. The summed E-state index contributed by atoms with van der Waals surface area (Å²) >= 11 is 0. The molecule has 0 saturated carbocycles. The first-order valence-electron chi connectivity index (χ1n) is 6.56. The average Bonchev–Trinajstić information content (AvgIpc) is 2.47. The number of unbranched alkanes of at least 4 members (excludes halogenated alkanes) is 1. The molecular formula is C14H23CoN3O3. The van der Waals surface area contributed by atoms with Crippen molar-refractivity contribution in [3.8, 4) is 0 Å². The molecule has 1 amide bonds. The Bertz CT molecular complexity index is 368. The molecule has 0 bridgehead atoms. The molecule has 0 aliphatic carbocycles. The van der Waals surface area contributed by atoms with Crippen LogP contribution in [0.3, 0.4) is 0 Å². The van der Waals surface area contributed by atoms with Crippen LogP contribution in [0.4, 0.5) is 0 Å². The van der Waals surface area contributed by atoms with Gasteiger partial charge in [-0.3, -0.25) is 14.8 Å². The Morgan fingerprint density at radius 2 is 1.86 bits per heavy atom. The maximum absolute atomic E-state index is 11.1. The minimum Gasteiger partial charge on any atom is -0.516 e. The zero-order valence-electron chi connectivity index (χ0n) is 12.1. The van der Waals surface area contributed by atoms with Gasteiger partial charge < -0.3 is 15.5 Å². The number of carbonyl (C=O) groups is 1. The number of aliphatic hydroxyl groups excluding tert-OH is 2. The predicted octanol–water partition coefficient (Wildman–Crippen LogP) is 1.94. The molecule has 1 radical (unpaired) electrons. The van der Waals surface area contributed by atoms with Gasteiger partial charge in [0.15, 0.2) is 0 Å². The third kappa shape index (κ3) is 14.6. The van der Waals surface area contributed by atoms with Gasteiger partial charge in [-0.05, 0) is 25.0 Å². The van der Waals surface area contributed by atoms with Crippen LogP contribution < -0.4 is 5.32 Å². The number of hydrogen-bond donors (Lipinski definition) is 3. The zero-order valence-corrected chi connectivity index (χ0v) is 13.1. The number of amides is 1. The molecule has 0 spiro atoms. The number of nitrogens with one attached hydrogen (secondary N) is 1. The molecule has 1 unspecified atom stereocenters. The Morgan fingerprint density at radius 1 is 1.19 bits per heavy atom. The molecule has 0 aliphatic heterocycles. The van der Waals surface area contributed by atoms with Gasteiger partial charge in [0.2, 0.25) is 5.91 Å². The molecule has 21 heavy (non-hydrogen) atoms. The molecule has 0 fully saturated rings. The second kappa shape index (κ2) is 16.5. The van der Waals surface area contributed by atoms with Crippen molar-refractivity contribution in [3.63, 3.8) is 0 Å². The van der Waals surface area contributed by atoms with Gasteiger partial charge in [-0.25, -0.2) is 0 Å². The molecule has 6 nitrogen and oxygen atoms in total. The van der Waals surface area contributed by atoms with E-state index in [1.165, 1.54) is 24.6 Å². The van der Waals surface area contributed by atoms with Crippen molar-refractivity contribution < 1.29 is 31.8 Å². The second-order valence-electron chi connectivity index (χ2n) is 4.07. The van der Waals surface area contributed by atoms with Crippen molar-refractivity contribution in [2.45, 2.75) is 31.7 Å². The van der Waals surface area contributed by atoms with Crippen molar-refractivity contribution in [3.05, 3.63) is 24.7 Å². The molecule has 0 aromatic rings. The first-order chi connectivity index (χ1) is 9.74. The van der Waals surface area contributed by atoms with E-state index in [9.17, 15) is 4.79 Å². The summed E-state index contributed by atoms with van der Waals surface area (Å²) in [6.45, 7) is 0.500. The van der Waals surface area contributed by atoms with E-state index in [0.29, 0.717) is 13.0 Å². The van der Waals surface area contributed by atoms with Crippen LogP contribution in [0.5, 0.6) is 0 Å². The molecule has 7 heteroatoms. The summed E-state index contributed by atoms with van der Waals surface area (Å²) in [7, 11) is 1.63. The van der Waals surface area contributed by atoms with E-state index in [4.69, 9.17) is 10.2 Å². The predicted molar refractivity (Wildman–Crippen MR) is 81.7 cm³/mol. The summed E-state index contributed by atoms with van der Waals surface area (Å²) in [5, 5.41) is 19.6. The maximum Gasteiger partial charge on any atom is 0.219 e. The quantitative estimate of drug-likeness (QED) is 0.322. The van der Waals surface area contributed by atoms with Gasteiger partial charge in [-0.1, -0.05) is 6.42 Å². The largest absolute Gasteiger partial charge is 0.516 e. The number of aliphatic hydroxyl groups is 2. The van der Waals surface area contributed by atoms with Gasteiger partial charge in [0.25, 0.3) is 0 Å². The molecule has 121 valence electrons. The number of aliphatic imine (C=N–C) groups is 2. The third-order valence-corrected chi connectivity index (χ3v) is 2.53. The summed E-state index contributed by atoms with van der Waals surface area (Å²) in [5.74, 6) is 0.0411. The van der Waals surface area contributed by atoms with Gasteiger partial charge in [0.05, 0.1) is 25.1 Å². The molecule has 0 heterocycles. The van der Waals surface area contributed by atoms with E-state index in [1.807, 2.05) is 0 Å². The monoisotopic (exact) mass is 340 g/mol. The first kappa shape index (κ1) is 21.7. The summed E-state index contributed by atoms with van der Waals surface area (Å²) in [5.41, 5.74) is 0. The fraction of sp³-hybridized carbons (Fsp3) is 0.500. The first-order valence-corrected chi connectivity index (χ1v) is 6.56. The van der Waals surface area contributed by atoms with Gasteiger partial charge in [-0.15, -0.1) is 0 Å². The van der Waals surface area contributed by atoms with Crippen LogP contribution in [0.15, 0.2) is 34.7 Å². The van der Waals surface area contributed by atoms with E-state index >= 15 is 0 Å². The van der Waals surface area contributed by atoms with E-state index in [2.05, 4.69) is 15.3 Å². The summed E-state index contributed by atoms with van der Waals surface area (Å²) < 4.78 is 0. The topological polar surface area (TPSA) is 94.3 Å². The Hall–Kier alpha value is -1.60. The third-order valence-electron chi connectivity index (χ3n) is 2.53. The Kier molecular flexibility index (Phi) is 17.0. The summed E-state index contributed by atoms with van der Waals surface area (Å²) in [6.07, 6.45) is 10.8. The Balaban J connectivity index is 0. The molecular weight excluding hydrogens is 317 g/mol. The smallest absolute Gasteiger partial charge is 0.219 e. The molecule has 0 rings (SSSR count). The Morgan fingerprint density at radius 3 is 2.48 bits per heavy atom.